The van der Waals surface area contributed by atoms with Crippen LogP contribution in [0.5, 0.6) is 0 Å². The molecule has 5 heteroatoms. The van der Waals surface area contributed by atoms with E-state index in [1.807, 2.05) is 39.0 Å². The van der Waals surface area contributed by atoms with E-state index >= 15 is 0 Å². The van der Waals surface area contributed by atoms with Gasteiger partial charge >= 0.3 is 5.97 Å². The van der Waals surface area contributed by atoms with E-state index in [0.29, 0.717) is 24.7 Å². The van der Waals surface area contributed by atoms with E-state index in [1.54, 1.807) is 6.07 Å². The van der Waals surface area contributed by atoms with Crippen LogP contribution < -0.4 is 0 Å². The molecule has 25 heavy (non-hydrogen) atoms. The molecule has 0 bridgehead atoms. The second-order valence-electron chi connectivity index (χ2n) is 6.74. The summed E-state index contributed by atoms with van der Waals surface area (Å²) in [6, 6.07) is 7.53. The first-order valence-electron chi connectivity index (χ1n) is 8.98. The molecule has 1 rings (SSSR count). The number of carbonyl (C=O) groups excluding carboxylic acids is 2. The molecule has 0 heterocycles. The molecule has 1 aromatic rings. The Morgan fingerprint density at radius 2 is 1.84 bits per heavy atom. The molecule has 0 aromatic heterocycles. The molecule has 0 radical (unpaired) electrons. The molecule has 1 aromatic carbocycles. The van der Waals surface area contributed by atoms with Crippen molar-refractivity contribution in [2.45, 2.75) is 47.1 Å². The second-order valence-corrected chi connectivity index (χ2v) is 6.74. The summed E-state index contributed by atoms with van der Waals surface area (Å²) >= 11 is 0. The average molecular weight is 349 g/mol. The van der Waals surface area contributed by atoms with Crippen LogP contribution in [0.1, 0.15) is 50.5 Å². The Morgan fingerprint density at radius 1 is 1.12 bits per heavy atom. The van der Waals surface area contributed by atoms with Crippen LogP contribution in [-0.2, 0) is 20.7 Å². The van der Waals surface area contributed by atoms with E-state index in [0.717, 1.165) is 12.0 Å². The van der Waals surface area contributed by atoms with Gasteiger partial charge in [0.05, 0.1) is 6.61 Å². The van der Waals surface area contributed by atoms with Gasteiger partial charge in [-0.3, -0.25) is 9.59 Å². The maximum Gasteiger partial charge on any atom is 0.325 e. The monoisotopic (exact) mass is 349 g/mol. The van der Waals surface area contributed by atoms with Crippen LogP contribution in [-0.4, -0.2) is 49.2 Å². The maximum absolute atomic E-state index is 12.8. The number of hydrogen-bond acceptors (Lipinski definition) is 4. The third kappa shape index (κ3) is 7.69. The minimum Gasteiger partial charge on any atom is -0.462 e. The van der Waals surface area contributed by atoms with Crippen molar-refractivity contribution in [2.24, 2.45) is 5.92 Å². The summed E-state index contributed by atoms with van der Waals surface area (Å²) in [5.74, 6) is -0.0469. The fraction of sp³-hybridized carbons (Fsp3) is 0.600. The number of nitrogens with zero attached hydrogens (tertiary/aromatic N) is 1. The standard InChI is InChI=1S/C20H31NO4/c1-6-24-10-11-25-19(22)14-21(16(4)5)20(23)18-9-7-8-17(13-18)12-15(2)3/h7-9,13,15-16H,6,10-12,14H2,1-5H3. The van der Waals surface area contributed by atoms with E-state index in [-0.39, 0.29) is 25.1 Å². The first-order chi connectivity index (χ1) is 11.8. The molecule has 0 aliphatic heterocycles. The van der Waals surface area contributed by atoms with Crippen LogP contribution in [0, 0.1) is 5.92 Å². The lowest BCUT2D eigenvalue weighted by Gasteiger charge is -2.26. The molecule has 1 amide bonds. The molecule has 0 saturated carbocycles. The fourth-order valence-corrected chi connectivity index (χ4v) is 2.50. The zero-order chi connectivity index (χ0) is 18.8. The second kappa shape index (κ2) is 10.9. The molecule has 0 N–H and O–H groups in total. The summed E-state index contributed by atoms with van der Waals surface area (Å²) in [6.45, 7) is 11.1. The Morgan fingerprint density at radius 3 is 2.44 bits per heavy atom. The largest absolute Gasteiger partial charge is 0.462 e. The molecule has 0 aliphatic rings. The van der Waals surface area contributed by atoms with E-state index in [4.69, 9.17) is 9.47 Å². The minimum atomic E-state index is -0.417. The molecule has 0 saturated heterocycles. The van der Waals surface area contributed by atoms with Crippen molar-refractivity contribution in [3.8, 4) is 0 Å². The zero-order valence-corrected chi connectivity index (χ0v) is 16.1. The van der Waals surface area contributed by atoms with Gasteiger partial charge in [0.2, 0.25) is 0 Å². The first kappa shape index (κ1) is 21.2. The summed E-state index contributed by atoms with van der Waals surface area (Å²) in [6.07, 6.45) is 0.919. The first-order valence-corrected chi connectivity index (χ1v) is 8.98. The lowest BCUT2D eigenvalue weighted by Crippen LogP contribution is -2.41. The quantitative estimate of drug-likeness (QED) is 0.480. The zero-order valence-electron chi connectivity index (χ0n) is 16.1. The van der Waals surface area contributed by atoms with Gasteiger partial charge in [-0.05, 0) is 50.8 Å². The Bertz CT molecular complexity index is 554. The van der Waals surface area contributed by atoms with Crippen LogP contribution in [0.4, 0.5) is 0 Å². The third-order valence-electron chi connectivity index (χ3n) is 3.70. The van der Waals surface area contributed by atoms with Crippen LogP contribution in [0.3, 0.4) is 0 Å². The number of amides is 1. The summed E-state index contributed by atoms with van der Waals surface area (Å²) in [4.78, 5) is 26.4. The molecular weight excluding hydrogens is 318 g/mol. The van der Waals surface area contributed by atoms with Gasteiger partial charge in [-0.25, -0.2) is 0 Å². The molecule has 0 unspecified atom stereocenters. The van der Waals surface area contributed by atoms with Crippen molar-refractivity contribution in [1.82, 2.24) is 4.90 Å². The van der Waals surface area contributed by atoms with E-state index < -0.39 is 5.97 Å². The average Bonchev–Trinajstić information content (AvgIpc) is 2.55. The van der Waals surface area contributed by atoms with Gasteiger partial charge in [0.1, 0.15) is 13.2 Å². The SMILES string of the molecule is CCOCCOC(=O)CN(C(=O)c1cccc(CC(C)C)c1)C(C)C. The summed E-state index contributed by atoms with van der Waals surface area (Å²) in [7, 11) is 0. The van der Waals surface area contributed by atoms with Crippen LogP contribution in [0.25, 0.3) is 0 Å². The highest BCUT2D eigenvalue weighted by Crippen LogP contribution is 2.14. The lowest BCUT2D eigenvalue weighted by molar-refractivity contribution is -0.146. The number of ether oxygens (including phenoxy) is 2. The van der Waals surface area contributed by atoms with Crippen molar-refractivity contribution >= 4 is 11.9 Å². The summed E-state index contributed by atoms with van der Waals surface area (Å²) in [5, 5.41) is 0. The van der Waals surface area contributed by atoms with Gasteiger partial charge in [0.15, 0.2) is 0 Å². The Labute approximate surface area is 151 Å². The normalized spacial score (nSPS) is 11.0. The van der Waals surface area contributed by atoms with Crippen LogP contribution >= 0.6 is 0 Å². The molecule has 140 valence electrons. The smallest absolute Gasteiger partial charge is 0.325 e. The van der Waals surface area contributed by atoms with Crippen LogP contribution in [0.15, 0.2) is 24.3 Å². The maximum atomic E-state index is 12.8. The van der Waals surface area contributed by atoms with Gasteiger partial charge in [-0.15, -0.1) is 0 Å². The fourth-order valence-electron chi connectivity index (χ4n) is 2.50. The van der Waals surface area contributed by atoms with Gasteiger partial charge in [0.25, 0.3) is 5.91 Å². The topological polar surface area (TPSA) is 55.8 Å². The van der Waals surface area contributed by atoms with Gasteiger partial charge in [-0.1, -0.05) is 26.0 Å². The van der Waals surface area contributed by atoms with Crippen molar-refractivity contribution in [2.75, 3.05) is 26.4 Å². The highest BCUT2D eigenvalue weighted by atomic mass is 16.6. The van der Waals surface area contributed by atoms with E-state index in [2.05, 4.69) is 13.8 Å². The summed E-state index contributed by atoms with van der Waals surface area (Å²) in [5.41, 5.74) is 1.73. The molecule has 5 nitrogen and oxygen atoms in total. The van der Waals surface area contributed by atoms with E-state index in [9.17, 15) is 9.59 Å². The molecule has 0 spiro atoms. The van der Waals surface area contributed by atoms with Gasteiger partial charge in [0, 0.05) is 18.2 Å². The predicted octanol–water partition coefficient (Wildman–Crippen LogP) is 3.32. The van der Waals surface area contributed by atoms with Gasteiger partial charge in [-0.2, -0.15) is 0 Å². The lowest BCUT2D eigenvalue weighted by atomic mass is 10.0. The minimum absolute atomic E-state index is 0.0585. The van der Waals surface area contributed by atoms with Crippen LogP contribution in [0.2, 0.25) is 0 Å². The number of carbonyl (C=O) groups is 2. The van der Waals surface area contributed by atoms with E-state index in [1.165, 1.54) is 4.90 Å². The Hall–Kier alpha value is -1.88. The van der Waals surface area contributed by atoms with Gasteiger partial charge < -0.3 is 14.4 Å². The van der Waals surface area contributed by atoms with Crippen molar-refractivity contribution in [1.29, 1.82) is 0 Å². The van der Waals surface area contributed by atoms with Crippen molar-refractivity contribution in [3.63, 3.8) is 0 Å². The molecule has 0 fully saturated rings. The van der Waals surface area contributed by atoms with Crippen molar-refractivity contribution < 1.29 is 19.1 Å². The number of hydrogen-bond donors (Lipinski definition) is 0. The molecule has 0 aliphatic carbocycles. The van der Waals surface area contributed by atoms with Crippen molar-refractivity contribution in [3.05, 3.63) is 35.4 Å². The number of benzene rings is 1. The summed E-state index contributed by atoms with van der Waals surface area (Å²) < 4.78 is 10.3. The number of rotatable bonds is 10. The third-order valence-corrected chi connectivity index (χ3v) is 3.70. The molecular formula is C20H31NO4. The highest BCUT2D eigenvalue weighted by Gasteiger charge is 2.22. The molecule has 0 atom stereocenters. The highest BCUT2D eigenvalue weighted by molar-refractivity contribution is 5.96. The Balaban J connectivity index is 2.74. The predicted molar refractivity (Wildman–Crippen MR) is 98.6 cm³/mol. The number of esters is 1. The Kier molecular flexibility index (Phi) is 9.21.